The van der Waals surface area contributed by atoms with E-state index in [4.69, 9.17) is 5.73 Å². The Morgan fingerprint density at radius 2 is 2.33 bits per heavy atom. The normalized spacial score (nSPS) is 10.8. The van der Waals surface area contributed by atoms with Gasteiger partial charge in [-0.3, -0.25) is 4.40 Å². The number of anilines is 1. The highest BCUT2D eigenvalue weighted by molar-refractivity contribution is 5.47. The molecule has 4 nitrogen and oxygen atoms in total. The lowest BCUT2D eigenvalue weighted by Crippen LogP contribution is -1.95. The lowest BCUT2D eigenvalue weighted by molar-refractivity contribution is 0.612. The van der Waals surface area contributed by atoms with Crippen LogP contribution >= 0.6 is 0 Å². The van der Waals surface area contributed by atoms with Crippen molar-refractivity contribution in [3.63, 3.8) is 0 Å². The second kappa shape index (κ2) is 2.17. The molecule has 5 heteroatoms. The number of hydrogen-bond acceptors (Lipinski definition) is 3. The highest BCUT2D eigenvalue weighted by Crippen LogP contribution is 2.11. The third kappa shape index (κ3) is 0.827. The Labute approximate surface area is 67.9 Å². The quantitative estimate of drug-likeness (QED) is 0.628. The van der Waals surface area contributed by atoms with E-state index in [2.05, 4.69) is 9.97 Å². The van der Waals surface area contributed by atoms with Crippen molar-refractivity contribution in [3.05, 3.63) is 23.9 Å². The third-order valence-corrected chi connectivity index (χ3v) is 1.67. The van der Waals surface area contributed by atoms with Crippen molar-refractivity contribution in [1.82, 2.24) is 14.4 Å². The van der Waals surface area contributed by atoms with Crippen molar-refractivity contribution in [2.45, 2.75) is 6.92 Å². The van der Waals surface area contributed by atoms with Gasteiger partial charge in [0.15, 0.2) is 5.82 Å². The van der Waals surface area contributed by atoms with E-state index in [-0.39, 0.29) is 0 Å². The molecule has 0 saturated heterocycles. The van der Waals surface area contributed by atoms with Gasteiger partial charge in [0, 0.05) is 0 Å². The molecule has 62 valence electrons. The lowest BCUT2D eigenvalue weighted by Gasteiger charge is -1.93. The summed E-state index contributed by atoms with van der Waals surface area (Å²) in [5, 5.41) is 0. The van der Waals surface area contributed by atoms with Crippen LogP contribution < -0.4 is 5.73 Å². The van der Waals surface area contributed by atoms with Crippen LogP contribution in [-0.2, 0) is 0 Å². The monoisotopic (exact) mass is 166 g/mol. The Hall–Kier alpha value is -1.65. The smallest absolute Gasteiger partial charge is 0.235 e. The molecule has 12 heavy (non-hydrogen) atoms. The highest BCUT2D eigenvalue weighted by atomic mass is 19.1. The largest absolute Gasteiger partial charge is 0.383 e. The summed E-state index contributed by atoms with van der Waals surface area (Å²) >= 11 is 0. The van der Waals surface area contributed by atoms with Gasteiger partial charge in [0.1, 0.15) is 5.82 Å². The van der Waals surface area contributed by atoms with E-state index in [9.17, 15) is 4.39 Å². The Morgan fingerprint density at radius 1 is 1.58 bits per heavy atom. The maximum Gasteiger partial charge on any atom is 0.235 e. The van der Waals surface area contributed by atoms with Crippen LogP contribution in [-0.4, -0.2) is 14.4 Å². The minimum atomic E-state index is -0.424. The molecule has 0 unspecified atom stereocenters. The van der Waals surface area contributed by atoms with Crippen LogP contribution in [0.25, 0.3) is 5.78 Å². The molecule has 0 spiro atoms. The summed E-state index contributed by atoms with van der Waals surface area (Å²) in [6, 6.07) is 0. The van der Waals surface area contributed by atoms with Gasteiger partial charge in [-0.2, -0.15) is 0 Å². The molecule has 0 aliphatic heterocycles. The summed E-state index contributed by atoms with van der Waals surface area (Å²) in [6.45, 7) is 1.75. The van der Waals surface area contributed by atoms with Crippen LogP contribution in [0.3, 0.4) is 0 Å². The molecular formula is C7H7FN4. The van der Waals surface area contributed by atoms with Crippen molar-refractivity contribution < 1.29 is 4.39 Å². The van der Waals surface area contributed by atoms with Crippen LogP contribution in [0.15, 0.2) is 12.4 Å². The summed E-state index contributed by atoms with van der Waals surface area (Å²) in [7, 11) is 0. The van der Waals surface area contributed by atoms with Crippen LogP contribution in [0.5, 0.6) is 0 Å². The van der Waals surface area contributed by atoms with Gasteiger partial charge in [0.25, 0.3) is 0 Å². The standard InChI is InChI=1S/C7H7FN4/c1-4-6(9)12-3-5(8)2-10-7(12)11-4/h2-3H,9H2,1H3. The van der Waals surface area contributed by atoms with Gasteiger partial charge in [-0.1, -0.05) is 0 Å². The molecule has 0 saturated carbocycles. The molecule has 2 heterocycles. The number of nitrogens with zero attached hydrogens (tertiary/aromatic N) is 3. The number of fused-ring (bicyclic) bond motifs is 1. The molecular weight excluding hydrogens is 159 g/mol. The fourth-order valence-electron chi connectivity index (χ4n) is 1.04. The molecule has 0 aromatic carbocycles. The predicted molar refractivity (Wildman–Crippen MR) is 42.1 cm³/mol. The minimum Gasteiger partial charge on any atom is -0.383 e. The molecule has 0 radical (unpaired) electrons. The number of aryl methyl sites for hydroxylation is 1. The fourth-order valence-corrected chi connectivity index (χ4v) is 1.04. The summed E-state index contributed by atoms with van der Waals surface area (Å²) in [6.07, 6.45) is 2.37. The summed E-state index contributed by atoms with van der Waals surface area (Å²) in [5.41, 5.74) is 6.26. The first-order valence-electron chi connectivity index (χ1n) is 3.44. The minimum absolute atomic E-state index is 0.423. The molecule has 2 rings (SSSR count). The van der Waals surface area contributed by atoms with Gasteiger partial charge in [0.2, 0.25) is 5.78 Å². The molecule has 2 N–H and O–H groups in total. The van der Waals surface area contributed by atoms with Crippen LogP contribution in [0.2, 0.25) is 0 Å². The maximum atomic E-state index is 12.7. The maximum absolute atomic E-state index is 12.7. The summed E-state index contributed by atoms with van der Waals surface area (Å²) in [5.74, 6) is 0.426. The molecule has 0 amide bonds. The lowest BCUT2D eigenvalue weighted by atomic mass is 10.5. The summed E-state index contributed by atoms with van der Waals surface area (Å²) in [4.78, 5) is 7.77. The highest BCUT2D eigenvalue weighted by Gasteiger charge is 2.05. The van der Waals surface area contributed by atoms with Gasteiger partial charge in [-0.15, -0.1) is 0 Å². The third-order valence-electron chi connectivity index (χ3n) is 1.67. The van der Waals surface area contributed by atoms with Crippen molar-refractivity contribution >= 4 is 11.6 Å². The summed E-state index contributed by atoms with van der Waals surface area (Å²) < 4.78 is 14.1. The van der Waals surface area contributed by atoms with Crippen molar-refractivity contribution in [2.75, 3.05) is 5.73 Å². The Balaban J connectivity index is 2.88. The number of nitrogens with two attached hydrogens (primary N) is 1. The first-order chi connectivity index (χ1) is 5.68. The number of rotatable bonds is 0. The first kappa shape index (κ1) is 7.02. The topological polar surface area (TPSA) is 56.2 Å². The van der Waals surface area contributed by atoms with E-state index >= 15 is 0 Å². The predicted octanol–water partition coefficient (Wildman–Crippen LogP) is 0.759. The van der Waals surface area contributed by atoms with Crippen LogP contribution in [0.4, 0.5) is 10.2 Å². The van der Waals surface area contributed by atoms with E-state index in [1.54, 1.807) is 6.92 Å². The second-order valence-electron chi connectivity index (χ2n) is 2.52. The van der Waals surface area contributed by atoms with E-state index in [0.29, 0.717) is 17.3 Å². The van der Waals surface area contributed by atoms with Crippen LogP contribution in [0.1, 0.15) is 5.69 Å². The van der Waals surface area contributed by atoms with E-state index in [0.717, 1.165) is 6.20 Å². The number of nitrogen functional groups attached to an aromatic ring is 1. The first-order valence-corrected chi connectivity index (χ1v) is 3.44. The van der Waals surface area contributed by atoms with Crippen molar-refractivity contribution in [1.29, 1.82) is 0 Å². The van der Waals surface area contributed by atoms with Gasteiger partial charge in [0.05, 0.1) is 18.1 Å². The van der Waals surface area contributed by atoms with Crippen molar-refractivity contribution in [3.8, 4) is 0 Å². The zero-order valence-corrected chi connectivity index (χ0v) is 6.45. The molecule has 0 fully saturated rings. The van der Waals surface area contributed by atoms with Gasteiger partial charge in [-0.25, -0.2) is 14.4 Å². The zero-order chi connectivity index (χ0) is 8.72. The van der Waals surface area contributed by atoms with Crippen molar-refractivity contribution in [2.24, 2.45) is 0 Å². The second-order valence-corrected chi connectivity index (χ2v) is 2.52. The van der Waals surface area contributed by atoms with E-state index in [1.165, 1.54) is 10.6 Å². The SMILES string of the molecule is Cc1nc2ncc(F)cn2c1N. The number of halogens is 1. The average Bonchev–Trinajstić information content (AvgIpc) is 2.31. The molecule has 0 aliphatic rings. The molecule has 0 atom stereocenters. The zero-order valence-electron chi connectivity index (χ0n) is 6.45. The average molecular weight is 166 g/mol. The molecule has 0 bridgehead atoms. The van der Waals surface area contributed by atoms with Crippen LogP contribution in [0, 0.1) is 12.7 Å². The van der Waals surface area contributed by atoms with E-state index in [1.807, 2.05) is 0 Å². The van der Waals surface area contributed by atoms with Gasteiger partial charge in [-0.05, 0) is 6.92 Å². The fraction of sp³-hybridized carbons (Fsp3) is 0.143. The number of aromatic nitrogens is 3. The molecule has 0 aliphatic carbocycles. The van der Waals surface area contributed by atoms with Gasteiger partial charge < -0.3 is 5.73 Å². The molecule has 2 aromatic rings. The Kier molecular flexibility index (Phi) is 1.27. The number of imidazole rings is 1. The molecule has 2 aromatic heterocycles. The Bertz CT molecular complexity index is 434. The Morgan fingerprint density at radius 3 is 3.08 bits per heavy atom. The van der Waals surface area contributed by atoms with E-state index < -0.39 is 5.82 Å². The van der Waals surface area contributed by atoms with Gasteiger partial charge >= 0.3 is 0 Å². The number of hydrogen-bond donors (Lipinski definition) is 1.